The van der Waals surface area contributed by atoms with Crippen LogP contribution in [-0.2, 0) is 4.79 Å². The summed E-state index contributed by atoms with van der Waals surface area (Å²) in [6.45, 7) is 0. The maximum Gasteiger partial charge on any atom is 0.272 e. The lowest BCUT2D eigenvalue weighted by molar-refractivity contribution is -0.120. The van der Waals surface area contributed by atoms with Crippen molar-refractivity contribution in [1.82, 2.24) is 10.3 Å². The van der Waals surface area contributed by atoms with E-state index < -0.39 is 17.9 Å². The van der Waals surface area contributed by atoms with Crippen LogP contribution in [0.25, 0.3) is 0 Å². The Morgan fingerprint density at radius 3 is 2.38 bits per heavy atom. The summed E-state index contributed by atoms with van der Waals surface area (Å²) in [5, 5.41) is 2.76. The van der Waals surface area contributed by atoms with Crippen molar-refractivity contribution in [3.05, 3.63) is 63.9 Å². The van der Waals surface area contributed by atoms with Crippen LogP contribution < -0.4 is 11.1 Å². The second kappa shape index (κ2) is 6.56. The highest BCUT2D eigenvalue weighted by Gasteiger charge is 2.22. The Morgan fingerprint density at radius 2 is 1.76 bits per heavy atom. The molecule has 0 saturated carbocycles. The fraction of sp³-hybridized carbons (Fsp3) is 0.0714. The normalized spacial score (nSPS) is 11.7. The minimum atomic E-state index is -0.976. The third kappa shape index (κ3) is 3.71. The van der Waals surface area contributed by atoms with Gasteiger partial charge >= 0.3 is 0 Å². The molecule has 0 spiro atoms. The summed E-state index contributed by atoms with van der Waals surface area (Å²) >= 11 is 11.6. The number of pyridine rings is 1. The Hall–Kier alpha value is -2.11. The van der Waals surface area contributed by atoms with Crippen LogP contribution in [-0.4, -0.2) is 16.8 Å². The molecule has 7 heteroatoms. The Morgan fingerprint density at radius 1 is 1.10 bits per heavy atom. The molecular formula is C14H11Cl2N3O2. The van der Waals surface area contributed by atoms with Gasteiger partial charge < -0.3 is 11.1 Å². The number of benzene rings is 1. The van der Waals surface area contributed by atoms with Crippen LogP contribution in [0.5, 0.6) is 0 Å². The van der Waals surface area contributed by atoms with Crippen molar-refractivity contribution in [1.29, 1.82) is 0 Å². The van der Waals surface area contributed by atoms with Crippen LogP contribution in [0.15, 0.2) is 42.5 Å². The quantitative estimate of drug-likeness (QED) is 0.847. The SMILES string of the molecule is NC(=O)C(NC(=O)c1nc(Cl)ccc1Cl)c1ccccc1. The van der Waals surface area contributed by atoms with Gasteiger partial charge in [-0.15, -0.1) is 0 Å². The predicted molar refractivity (Wildman–Crippen MR) is 80.1 cm³/mol. The van der Waals surface area contributed by atoms with Gasteiger partial charge in [0.2, 0.25) is 5.91 Å². The average Bonchev–Trinajstić information content (AvgIpc) is 2.47. The lowest BCUT2D eigenvalue weighted by Gasteiger charge is -2.16. The molecule has 0 fully saturated rings. The van der Waals surface area contributed by atoms with Crippen LogP contribution in [0.3, 0.4) is 0 Å². The number of halogens is 2. The van der Waals surface area contributed by atoms with Gasteiger partial charge in [0.1, 0.15) is 16.9 Å². The maximum atomic E-state index is 12.2. The number of carbonyl (C=O) groups is 2. The molecule has 0 aliphatic heterocycles. The summed E-state index contributed by atoms with van der Waals surface area (Å²) < 4.78 is 0. The monoisotopic (exact) mass is 323 g/mol. The van der Waals surface area contributed by atoms with Crippen molar-refractivity contribution >= 4 is 35.0 Å². The highest BCUT2D eigenvalue weighted by molar-refractivity contribution is 6.34. The van der Waals surface area contributed by atoms with E-state index in [-0.39, 0.29) is 15.9 Å². The van der Waals surface area contributed by atoms with E-state index in [1.165, 1.54) is 12.1 Å². The number of nitrogens with two attached hydrogens (primary N) is 1. The van der Waals surface area contributed by atoms with Crippen molar-refractivity contribution < 1.29 is 9.59 Å². The molecule has 0 aliphatic rings. The Labute approximate surface area is 131 Å². The van der Waals surface area contributed by atoms with E-state index in [1.807, 2.05) is 0 Å². The van der Waals surface area contributed by atoms with Gasteiger partial charge in [0.15, 0.2) is 0 Å². The van der Waals surface area contributed by atoms with E-state index in [4.69, 9.17) is 28.9 Å². The smallest absolute Gasteiger partial charge is 0.272 e. The highest BCUT2D eigenvalue weighted by atomic mass is 35.5. The first-order chi connectivity index (χ1) is 9.99. The molecule has 2 amide bonds. The molecule has 1 atom stereocenters. The second-order valence-electron chi connectivity index (χ2n) is 4.18. The zero-order chi connectivity index (χ0) is 15.4. The first-order valence-electron chi connectivity index (χ1n) is 5.96. The van der Waals surface area contributed by atoms with Crippen molar-refractivity contribution in [3.63, 3.8) is 0 Å². The molecule has 2 aromatic rings. The molecule has 0 aliphatic carbocycles. The number of nitrogens with zero attached hydrogens (tertiary/aromatic N) is 1. The van der Waals surface area contributed by atoms with Crippen molar-refractivity contribution in [3.8, 4) is 0 Å². The number of primary amides is 1. The fourth-order valence-corrected chi connectivity index (χ4v) is 2.08. The summed E-state index contributed by atoms with van der Waals surface area (Å²) in [7, 11) is 0. The first-order valence-corrected chi connectivity index (χ1v) is 6.72. The highest BCUT2D eigenvalue weighted by Crippen LogP contribution is 2.18. The second-order valence-corrected chi connectivity index (χ2v) is 4.98. The van der Waals surface area contributed by atoms with Crippen molar-refractivity contribution in [2.45, 2.75) is 6.04 Å². The van der Waals surface area contributed by atoms with E-state index in [9.17, 15) is 9.59 Å². The molecule has 1 heterocycles. The number of nitrogens with one attached hydrogen (secondary N) is 1. The summed E-state index contributed by atoms with van der Waals surface area (Å²) in [6.07, 6.45) is 0. The molecule has 5 nitrogen and oxygen atoms in total. The largest absolute Gasteiger partial charge is 0.368 e. The van der Waals surface area contributed by atoms with Gasteiger partial charge in [-0.3, -0.25) is 9.59 Å². The lowest BCUT2D eigenvalue weighted by Crippen LogP contribution is -2.37. The van der Waals surface area contributed by atoms with Gasteiger partial charge in [-0.2, -0.15) is 0 Å². The molecule has 108 valence electrons. The summed E-state index contributed by atoms with van der Waals surface area (Å²) in [5.74, 6) is -1.32. The maximum absolute atomic E-state index is 12.2. The van der Waals surface area contributed by atoms with Crippen molar-refractivity contribution in [2.75, 3.05) is 0 Å². The Bertz CT molecular complexity index is 677. The minimum Gasteiger partial charge on any atom is -0.368 e. The third-order valence-corrected chi connectivity index (χ3v) is 3.24. The zero-order valence-electron chi connectivity index (χ0n) is 10.7. The van der Waals surface area contributed by atoms with Crippen LogP contribution in [0.2, 0.25) is 10.2 Å². The molecule has 1 unspecified atom stereocenters. The van der Waals surface area contributed by atoms with E-state index in [2.05, 4.69) is 10.3 Å². The Kier molecular flexibility index (Phi) is 4.77. The number of rotatable bonds is 4. The number of aromatic nitrogens is 1. The number of amides is 2. The van der Waals surface area contributed by atoms with Gasteiger partial charge in [0.05, 0.1) is 5.02 Å². The van der Waals surface area contributed by atoms with Crippen molar-refractivity contribution in [2.24, 2.45) is 5.73 Å². The van der Waals surface area contributed by atoms with Crippen LogP contribution in [0, 0.1) is 0 Å². The topological polar surface area (TPSA) is 85.1 Å². The first kappa shape index (κ1) is 15.3. The molecule has 0 saturated heterocycles. The van der Waals surface area contributed by atoms with Crippen LogP contribution in [0.4, 0.5) is 0 Å². The van der Waals surface area contributed by atoms with Crippen LogP contribution >= 0.6 is 23.2 Å². The molecule has 21 heavy (non-hydrogen) atoms. The standard InChI is InChI=1S/C14H11Cl2N3O2/c15-9-6-7-10(16)18-12(9)14(21)19-11(13(17)20)8-4-2-1-3-5-8/h1-7,11H,(H2,17,20)(H,19,21). The fourth-order valence-electron chi connectivity index (χ4n) is 1.74. The lowest BCUT2D eigenvalue weighted by atomic mass is 10.1. The van der Waals surface area contributed by atoms with E-state index in [0.29, 0.717) is 5.56 Å². The molecule has 3 N–H and O–H groups in total. The minimum absolute atomic E-state index is 0.0636. The summed E-state index contributed by atoms with van der Waals surface area (Å²) in [5.41, 5.74) is 5.83. The van der Waals surface area contributed by atoms with Crippen LogP contribution in [0.1, 0.15) is 22.1 Å². The molecule has 0 bridgehead atoms. The molecule has 2 rings (SSSR count). The predicted octanol–water partition coefficient (Wildman–Crippen LogP) is 2.34. The summed E-state index contributed by atoms with van der Waals surface area (Å²) in [4.78, 5) is 27.6. The molecule has 1 aromatic heterocycles. The van der Waals surface area contributed by atoms with Gasteiger partial charge in [0, 0.05) is 0 Å². The van der Waals surface area contributed by atoms with E-state index in [0.717, 1.165) is 0 Å². The molecule has 1 aromatic carbocycles. The van der Waals surface area contributed by atoms with E-state index >= 15 is 0 Å². The van der Waals surface area contributed by atoms with Gasteiger partial charge in [-0.25, -0.2) is 4.98 Å². The van der Waals surface area contributed by atoms with Gasteiger partial charge in [-0.05, 0) is 17.7 Å². The number of carbonyl (C=O) groups excluding carboxylic acids is 2. The molecule has 0 radical (unpaired) electrons. The van der Waals surface area contributed by atoms with Gasteiger partial charge in [-0.1, -0.05) is 53.5 Å². The number of hydrogen-bond donors (Lipinski definition) is 2. The Balaban J connectivity index is 2.27. The third-order valence-electron chi connectivity index (χ3n) is 2.72. The zero-order valence-corrected chi connectivity index (χ0v) is 12.2. The molecular weight excluding hydrogens is 313 g/mol. The number of hydrogen-bond acceptors (Lipinski definition) is 3. The van der Waals surface area contributed by atoms with E-state index in [1.54, 1.807) is 30.3 Å². The average molecular weight is 324 g/mol. The van der Waals surface area contributed by atoms with Gasteiger partial charge in [0.25, 0.3) is 5.91 Å². The summed E-state index contributed by atoms with van der Waals surface area (Å²) in [6, 6.07) is 10.6.